The lowest BCUT2D eigenvalue weighted by Crippen LogP contribution is -2.42. The summed E-state index contributed by atoms with van der Waals surface area (Å²) in [5.74, 6) is 0.961. The fourth-order valence-corrected chi connectivity index (χ4v) is 2.15. The van der Waals surface area contributed by atoms with Crippen LogP contribution in [0, 0.1) is 0 Å². The normalized spacial score (nSPS) is 19.2. The lowest BCUT2D eigenvalue weighted by molar-refractivity contribution is 0.410. The summed E-state index contributed by atoms with van der Waals surface area (Å²) >= 11 is 0. The van der Waals surface area contributed by atoms with Crippen LogP contribution >= 0.6 is 0 Å². The van der Waals surface area contributed by atoms with Crippen molar-refractivity contribution in [3.05, 3.63) is 29.3 Å². The first-order valence-electron chi connectivity index (χ1n) is 5.93. The number of fused-ring (bicyclic) bond motifs is 1. The minimum absolute atomic E-state index is 0.541. The van der Waals surface area contributed by atoms with E-state index in [9.17, 15) is 0 Å². The summed E-state index contributed by atoms with van der Waals surface area (Å²) < 4.78 is 5.26. The Morgan fingerprint density at radius 3 is 3.06 bits per heavy atom. The van der Waals surface area contributed by atoms with E-state index in [0.717, 1.165) is 31.8 Å². The molecule has 0 saturated carbocycles. The molecule has 16 heavy (non-hydrogen) atoms. The molecule has 0 saturated heterocycles. The Labute approximate surface area is 97.2 Å². The van der Waals surface area contributed by atoms with Crippen LogP contribution in [0.15, 0.2) is 18.2 Å². The first-order valence-corrected chi connectivity index (χ1v) is 5.93. The molecule has 0 aromatic heterocycles. The molecule has 1 aliphatic rings. The largest absolute Gasteiger partial charge is 0.497 e. The van der Waals surface area contributed by atoms with E-state index in [1.54, 1.807) is 7.11 Å². The van der Waals surface area contributed by atoms with E-state index in [1.807, 2.05) is 6.07 Å². The van der Waals surface area contributed by atoms with Crippen LogP contribution in [-0.4, -0.2) is 26.2 Å². The Kier molecular flexibility index (Phi) is 3.80. The standard InChI is InChI=1S/C13H20N2O/c1-3-14-9-12-6-11-7-13(16-2)5-4-10(11)8-15-12/h4-5,7,12,14-15H,3,6,8-9H2,1-2H3. The van der Waals surface area contributed by atoms with E-state index in [0.29, 0.717) is 6.04 Å². The van der Waals surface area contributed by atoms with Crippen LogP contribution in [0.4, 0.5) is 0 Å². The summed E-state index contributed by atoms with van der Waals surface area (Å²) in [6.07, 6.45) is 1.08. The maximum Gasteiger partial charge on any atom is 0.119 e. The minimum Gasteiger partial charge on any atom is -0.497 e. The van der Waals surface area contributed by atoms with Gasteiger partial charge in [-0.15, -0.1) is 0 Å². The van der Waals surface area contributed by atoms with Crippen LogP contribution in [0.2, 0.25) is 0 Å². The highest BCUT2D eigenvalue weighted by Crippen LogP contribution is 2.22. The smallest absolute Gasteiger partial charge is 0.119 e. The van der Waals surface area contributed by atoms with E-state index >= 15 is 0 Å². The van der Waals surface area contributed by atoms with Gasteiger partial charge in [0.1, 0.15) is 5.75 Å². The van der Waals surface area contributed by atoms with Crippen LogP contribution in [0.1, 0.15) is 18.1 Å². The van der Waals surface area contributed by atoms with Crippen molar-refractivity contribution < 1.29 is 4.74 Å². The van der Waals surface area contributed by atoms with Gasteiger partial charge in [-0.05, 0) is 36.2 Å². The summed E-state index contributed by atoms with van der Waals surface area (Å²) in [5.41, 5.74) is 2.81. The summed E-state index contributed by atoms with van der Waals surface area (Å²) in [5, 5.41) is 6.93. The zero-order valence-electron chi connectivity index (χ0n) is 10.0. The van der Waals surface area contributed by atoms with Gasteiger partial charge in [0.2, 0.25) is 0 Å². The second-order valence-electron chi connectivity index (χ2n) is 4.22. The van der Waals surface area contributed by atoms with Crippen molar-refractivity contribution in [2.24, 2.45) is 0 Å². The van der Waals surface area contributed by atoms with Crippen molar-refractivity contribution in [1.29, 1.82) is 0 Å². The monoisotopic (exact) mass is 220 g/mol. The molecule has 0 bridgehead atoms. The Morgan fingerprint density at radius 1 is 1.44 bits per heavy atom. The lowest BCUT2D eigenvalue weighted by Gasteiger charge is -2.26. The van der Waals surface area contributed by atoms with Crippen molar-refractivity contribution in [3.8, 4) is 5.75 Å². The quantitative estimate of drug-likeness (QED) is 0.803. The third-order valence-electron chi connectivity index (χ3n) is 3.10. The Bertz CT molecular complexity index is 352. The summed E-state index contributed by atoms with van der Waals surface area (Å²) in [6.45, 7) is 5.17. The summed E-state index contributed by atoms with van der Waals surface area (Å²) in [7, 11) is 1.72. The number of benzene rings is 1. The SMILES string of the molecule is CCNCC1Cc2cc(OC)ccc2CN1. The van der Waals surface area contributed by atoms with Gasteiger partial charge in [0.15, 0.2) is 0 Å². The maximum atomic E-state index is 5.26. The van der Waals surface area contributed by atoms with Crippen LogP contribution in [0.25, 0.3) is 0 Å². The molecule has 1 aromatic rings. The second kappa shape index (κ2) is 5.32. The molecule has 0 fully saturated rings. The van der Waals surface area contributed by atoms with E-state index in [1.165, 1.54) is 11.1 Å². The molecule has 1 aliphatic heterocycles. The number of hydrogen-bond acceptors (Lipinski definition) is 3. The van der Waals surface area contributed by atoms with Crippen LogP contribution in [0.5, 0.6) is 5.75 Å². The molecule has 1 heterocycles. The van der Waals surface area contributed by atoms with Gasteiger partial charge in [0.25, 0.3) is 0 Å². The van der Waals surface area contributed by atoms with Gasteiger partial charge >= 0.3 is 0 Å². The minimum atomic E-state index is 0.541. The fraction of sp³-hybridized carbons (Fsp3) is 0.538. The van der Waals surface area contributed by atoms with Crippen LogP contribution in [0.3, 0.4) is 0 Å². The molecule has 3 heteroatoms. The van der Waals surface area contributed by atoms with Crippen LogP contribution in [-0.2, 0) is 13.0 Å². The third-order valence-corrected chi connectivity index (χ3v) is 3.10. The molecule has 1 unspecified atom stereocenters. The van der Waals surface area contributed by atoms with E-state index in [2.05, 4.69) is 29.7 Å². The highest BCUT2D eigenvalue weighted by Gasteiger charge is 2.17. The zero-order chi connectivity index (χ0) is 11.4. The van der Waals surface area contributed by atoms with Gasteiger partial charge in [0.05, 0.1) is 7.11 Å². The maximum absolute atomic E-state index is 5.26. The van der Waals surface area contributed by atoms with E-state index < -0.39 is 0 Å². The predicted octanol–water partition coefficient (Wildman–Crippen LogP) is 1.32. The number of ether oxygens (including phenoxy) is 1. The number of rotatable bonds is 4. The van der Waals surface area contributed by atoms with Gasteiger partial charge in [0, 0.05) is 19.1 Å². The summed E-state index contributed by atoms with van der Waals surface area (Å²) in [6, 6.07) is 6.89. The first-order chi connectivity index (χ1) is 7.83. The van der Waals surface area contributed by atoms with Gasteiger partial charge in [-0.2, -0.15) is 0 Å². The molecular formula is C13H20N2O. The molecule has 2 rings (SSSR count). The number of nitrogens with one attached hydrogen (secondary N) is 2. The topological polar surface area (TPSA) is 33.3 Å². The molecule has 3 nitrogen and oxygen atoms in total. The van der Waals surface area contributed by atoms with Crippen molar-refractivity contribution in [1.82, 2.24) is 10.6 Å². The van der Waals surface area contributed by atoms with Crippen LogP contribution < -0.4 is 15.4 Å². The molecular weight excluding hydrogens is 200 g/mol. The fourth-order valence-electron chi connectivity index (χ4n) is 2.15. The second-order valence-corrected chi connectivity index (χ2v) is 4.22. The van der Waals surface area contributed by atoms with Gasteiger partial charge in [-0.3, -0.25) is 0 Å². The molecule has 88 valence electrons. The van der Waals surface area contributed by atoms with Crippen molar-refractivity contribution in [2.75, 3.05) is 20.2 Å². The number of methoxy groups -OCH3 is 1. The first kappa shape index (κ1) is 11.4. The molecule has 1 aromatic carbocycles. The third kappa shape index (κ3) is 2.54. The average molecular weight is 220 g/mol. The highest BCUT2D eigenvalue weighted by atomic mass is 16.5. The molecule has 1 atom stereocenters. The van der Waals surface area contributed by atoms with Crippen molar-refractivity contribution >= 4 is 0 Å². The van der Waals surface area contributed by atoms with E-state index in [4.69, 9.17) is 4.74 Å². The Balaban J connectivity index is 2.06. The van der Waals surface area contributed by atoms with Gasteiger partial charge < -0.3 is 15.4 Å². The molecule has 0 radical (unpaired) electrons. The lowest BCUT2D eigenvalue weighted by atomic mass is 9.95. The molecule has 2 N–H and O–H groups in total. The summed E-state index contributed by atoms with van der Waals surface area (Å²) in [4.78, 5) is 0. The molecule has 0 spiro atoms. The Hall–Kier alpha value is -1.06. The average Bonchev–Trinajstić information content (AvgIpc) is 2.35. The molecule has 0 aliphatic carbocycles. The predicted molar refractivity (Wildman–Crippen MR) is 65.9 cm³/mol. The highest BCUT2D eigenvalue weighted by molar-refractivity contribution is 5.37. The molecule has 0 amide bonds. The van der Waals surface area contributed by atoms with Gasteiger partial charge in [-0.25, -0.2) is 0 Å². The van der Waals surface area contributed by atoms with Crippen molar-refractivity contribution in [2.45, 2.75) is 25.9 Å². The number of hydrogen-bond donors (Lipinski definition) is 2. The van der Waals surface area contributed by atoms with Crippen molar-refractivity contribution in [3.63, 3.8) is 0 Å². The van der Waals surface area contributed by atoms with E-state index in [-0.39, 0.29) is 0 Å². The number of likely N-dealkylation sites (N-methyl/N-ethyl adjacent to an activating group) is 1. The zero-order valence-corrected chi connectivity index (χ0v) is 10.0. The Morgan fingerprint density at radius 2 is 2.31 bits per heavy atom. The van der Waals surface area contributed by atoms with Gasteiger partial charge in [-0.1, -0.05) is 13.0 Å².